The molecule has 0 radical (unpaired) electrons. The van der Waals surface area contributed by atoms with Crippen molar-refractivity contribution in [3.8, 4) is 0 Å². The lowest BCUT2D eigenvalue weighted by Gasteiger charge is -2.46. The van der Waals surface area contributed by atoms with E-state index in [2.05, 4.69) is 16.0 Å². The lowest BCUT2D eigenvalue weighted by Crippen LogP contribution is -2.65. The minimum Gasteiger partial charge on any atom is -0.394 e. The van der Waals surface area contributed by atoms with Crippen molar-refractivity contribution in [3.05, 3.63) is 0 Å². The molecule has 3 heterocycles. The summed E-state index contributed by atoms with van der Waals surface area (Å²) in [5.74, 6) is -3.37. The largest absolute Gasteiger partial charge is 0.394 e. The smallest absolute Gasteiger partial charge is 0.217 e. The van der Waals surface area contributed by atoms with Crippen LogP contribution in [0.4, 0.5) is 0 Å². The van der Waals surface area contributed by atoms with E-state index in [9.17, 15) is 55.2 Å². The average molecular weight is 684 g/mol. The molecule has 0 aromatic rings. The third-order valence-electron chi connectivity index (χ3n) is 8.62. The van der Waals surface area contributed by atoms with E-state index >= 15 is 0 Å². The predicted octanol–water partition coefficient (Wildman–Crippen LogP) is -6.56. The van der Waals surface area contributed by atoms with Crippen LogP contribution in [0.25, 0.3) is 0 Å². The number of nitrogens with one attached hydrogen (secondary N) is 3. The fraction of sp³-hybridized carbons (Fsp3) is 0.893. The fourth-order valence-corrected chi connectivity index (χ4v) is 6.24. The highest BCUT2D eigenvalue weighted by Gasteiger charge is 2.48. The summed E-state index contributed by atoms with van der Waals surface area (Å²) in [4.78, 5) is 35.3. The monoisotopic (exact) mass is 683 g/mol. The van der Waals surface area contributed by atoms with Crippen LogP contribution in [0.15, 0.2) is 0 Å². The zero-order chi connectivity index (χ0) is 35.0. The maximum Gasteiger partial charge on any atom is 0.217 e. The van der Waals surface area contributed by atoms with Gasteiger partial charge in [-0.1, -0.05) is 0 Å². The standard InChI is InChI=1S/C28H49N3O16/c1-11(35)29-21-19(9-44-8-15-17(5-33)47-28(42)23(25(15)39)31-13(3)37)45-16(4-32)14(24(21)38)7-43-10-20-22(30-12(2)36)27(41)26(40)18(6-34)46-20/h14-28,32-34,38-42H,4-10H2,1-3H3,(H,29,35)(H,30,36)(H,31,37)/t14-,15-,16?,17?,18?,19+,20+,21?,22?,23?,24?,25?,26-,27?,28?/m1/s1. The van der Waals surface area contributed by atoms with E-state index < -0.39 is 129 Å². The average Bonchev–Trinajstić information content (AvgIpc) is 3.01. The topological polar surface area (TPSA) is 295 Å². The molecular weight excluding hydrogens is 634 g/mol. The molecule has 47 heavy (non-hydrogen) atoms. The quantitative estimate of drug-likeness (QED) is 0.0811. The van der Waals surface area contributed by atoms with Crippen LogP contribution in [0.5, 0.6) is 0 Å². The van der Waals surface area contributed by atoms with Crippen LogP contribution in [0, 0.1) is 11.8 Å². The summed E-state index contributed by atoms with van der Waals surface area (Å²) in [5.41, 5.74) is 0. The molecule has 0 aromatic heterocycles. The molecular formula is C28H49N3O16. The molecule has 0 spiro atoms. The SMILES string of the molecule is CC(=O)NC1C(O)OC(CO)[C@@H](COC[C@@H]2OC(CO)[C@@H](COC[C@@H]3OC(CO)[C@@H](O)C(O)C3NC(C)=O)C(O)C2NC(C)=O)C1O. The molecule has 19 heteroatoms. The van der Waals surface area contributed by atoms with Gasteiger partial charge in [-0.3, -0.25) is 14.4 Å². The number of carbonyl (C=O) groups is 3. The highest BCUT2D eigenvalue weighted by atomic mass is 16.6. The van der Waals surface area contributed by atoms with Crippen molar-refractivity contribution in [2.45, 2.75) is 100 Å². The van der Waals surface area contributed by atoms with E-state index in [0.29, 0.717) is 0 Å². The number of aliphatic hydroxyl groups excluding tert-OH is 8. The van der Waals surface area contributed by atoms with Gasteiger partial charge in [0.25, 0.3) is 0 Å². The minimum absolute atomic E-state index is 0.248. The molecule has 15 atom stereocenters. The van der Waals surface area contributed by atoms with E-state index in [4.69, 9.17) is 23.7 Å². The predicted molar refractivity (Wildman–Crippen MR) is 155 cm³/mol. The first kappa shape index (κ1) is 39.3. The normalized spacial score (nSPS) is 40.8. The number of carbonyl (C=O) groups excluding carboxylic acids is 3. The first-order chi connectivity index (χ1) is 22.2. The zero-order valence-corrected chi connectivity index (χ0v) is 26.5. The summed E-state index contributed by atoms with van der Waals surface area (Å²) in [7, 11) is 0. The number of amides is 3. The van der Waals surface area contributed by atoms with E-state index in [1.54, 1.807) is 0 Å². The summed E-state index contributed by atoms with van der Waals surface area (Å²) in [6, 6.07) is -3.35. The summed E-state index contributed by atoms with van der Waals surface area (Å²) in [5, 5.41) is 90.0. The van der Waals surface area contributed by atoms with Crippen molar-refractivity contribution in [2.24, 2.45) is 11.8 Å². The Labute approximate surface area is 271 Å². The van der Waals surface area contributed by atoms with Crippen molar-refractivity contribution >= 4 is 17.7 Å². The third kappa shape index (κ3) is 9.97. The molecule has 0 bridgehead atoms. The summed E-state index contributed by atoms with van der Waals surface area (Å²) < 4.78 is 28.6. The van der Waals surface area contributed by atoms with E-state index in [-0.39, 0.29) is 26.4 Å². The van der Waals surface area contributed by atoms with Gasteiger partial charge >= 0.3 is 0 Å². The van der Waals surface area contributed by atoms with Crippen LogP contribution >= 0.6 is 0 Å². The molecule has 0 aliphatic carbocycles. The third-order valence-corrected chi connectivity index (χ3v) is 8.62. The molecule has 19 nitrogen and oxygen atoms in total. The van der Waals surface area contributed by atoms with Gasteiger partial charge in [0, 0.05) is 32.6 Å². The summed E-state index contributed by atoms with van der Waals surface area (Å²) in [6.07, 6.45) is -12.5. The first-order valence-corrected chi connectivity index (χ1v) is 15.4. The Balaban J connectivity index is 1.66. The highest BCUT2D eigenvalue weighted by molar-refractivity contribution is 5.74. The second-order valence-corrected chi connectivity index (χ2v) is 12.1. The molecule has 3 saturated heterocycles. The van der Waals surface area contributed by atoms with Crippen LogP contribution in [-0.2, 0) is 38.1 Å². The lowest BCUT2D eigenvalue weighted by atomic mass is 9.85. The summed E-state index contributed by atoms with van der Waals surface area (Å²) >= 11 is 0. The molecule has 0 aromatic carbocycles. The zero-order valence-electron chi connectivity index (χ0n) is 26.5. The lowest BCUT2D eigenvalue weighted by molar-refractivity contribution is -0.248. The summed E-state index contributed by atoms with van der Waals surface area (Å²) in [6.45, 7) is 0.839. The van der Waals surface area contributed by atoms with Crippen molar-refractivity contribution in [3.63, 3.8) is 0 Å². The Hall–Kier alpha value is -2.11. The Bertz CT molecular complexity index is 1030. The Morgan fingerprint density at radius 3 is 1.34 bits per heavy atom. The van der Waals surface area contributed by atoms with Gasteiger partial charge in [0.1, 0.15) is 36.6 Å². The maximum atomic E-state index is 12.1. The molecule has 3 rings (SSSR count). The second-order valence-electron chi connectivity index (χ2n) is 12.1. The van der Waals surface area contributed by atoms with Crippen LogP contribution in [-0.4, -0.2) is 184 Å². The Morgan fingerprint density at radius 2 is 0.894 bits per heavy atom. The molecule has 3 fully saturated rings. The van der Waals surface area contributed by atoms with Gasteiger partial charge < -0.3 is 80.5 Å². The molecule has 10 unspecified atom stereocenters. The maximum absolute atomic E-state index is 12.1. The number of ether oxygens (including phenoxy) is 5. The molecule has 3 aliphatic rings. The molecule has 0 saturated carbocycles. The Morgan fingerprint density at radius 1 is 0.511 bits per heavy atom. The van der Waals surface area contributed by atoms with Crippen molar-refractivity contribution in [1.82, 2.24) is 16.0 Å². The molecule has 272 valence electrons. The van der Waals surface area contributed by atoms with Gasteiger partial charge in [-0.05, 0) is 0 Å². The van der Waals surface area contributed by atoms with Gasteiger partial charge in [0.15, 0.2) is 6.29 Å². The molecule has 3 aliphatic heterocycles. The highest BCUT2D eigenvalue weighted by Crippen LogP contribution is 2.30. The van der Waals surface area contributed by atoms with Crippen LogP contribution in [0.2, 0.25) is 0 Å². The first-order valence-electron chi connectivity index (χ1n) is 15.4. The minimum atomic E-state index is -1.58. The van der Waals surface area contributed by atoms with Gasteiger partial charge in [-0.25, -0.2) is 0 Å². The van der Waals surface area contributed by atoms with E-state index in [0.717, 1.165) is 0 Å². The van der Waals surface area contributed by atoms with Gasteiger partial charge in [-0.15, -0.1) is 0 Å². The number of hydrogen-bond acceptors (Lipinski definition) is 16. The van der Waals surface area contributed by atoms with Gasteiger partial charge in [0.05, 0.1) is 82.7 Å². The van der Waals surface area contributed by atoms with Crippen LogP contribution in [0.3, 0.4) is 0 Å². The number of aliphatic hydroxyl groups is 8. The van der Waals surface area contributed by atoms with Crippen molar-refractivity contribution < 1.29 is 78.9 Å². The van der Waals surface area contributed by atoms with E-state index in [1.165, 1.54) is 20.8 Å². The van der Waals surface area contributed by atoms with Crippen molar-refractivity contribution in [2.75, 3.05) is 46.2 Å². The molecule has 11 N–H and O–H groups in total. The fourth-order valence-electron chi connectivity index (χ4n) is 6.24. The van der Waals surface area contributed by atoms with E-state index in [1.807, 2.05) is 0 Å². The van der Waals surface area contributed by atoms with Gasteiger partial charge in [-0.2, -0.15) is 0 Å². The molecule has 3 amide bonds. The number of hydrogen-bond donors (Lipinski definition) is 11. The van der Waals surface area contributed by atoms with Gasteiger partial charge in [0.2, 0.25) is 17.7 Å². The Kier molecular flexibility index (Phi) is 15.1. The van der Waals surface area contributed by atoms with Crippen LogP contribution < -0.4 is 16.0 Å². The van der Waals surface area contributed by atoms with Crippen molar-refractivity contribution in [1.29, 1.82) is 0 Å². The second kappa shape index (κ2) is 18.0. The van der Waals surface area contributed by atoms with Crippen LogP contribution in [0.1, 0.15) is 20.8 Å². The number of rotatable bonds is 14.